The van der Waals surface area contributed by atoms with Gasteiger partial charge in [0.2, 0.25) is 0 Å². The van der Waals surface area contributed by atoms with Crippen molar-refractivity contribution in [2.24, 2.45) is 16.6 Å². The number of nitrogens with two attached hydrogens (primary N) is 1. The summed E-state index contributed by atoms with van der Waals surface area (Å²) < 4.78 is 0. The first kappa shape index (κ1) is 17.5. The average Bonchev–Trinajstić information content (AvgIpc) is 2.52. The van der Waals surface area contributed by atoms with Gasteiger partial charge in [0.05, 0.1) is 6.54 Å². The standard InChI is InChI=1S/C19H30N4/c1-15(2)11-21-19(20)22-12-17-6-8-18(9-7-17)14-23-10-4-5-16(3)13-23/h6-9,16H,1,4-5,10-14H2,2-3H3,(H3,20,21,22). The molecule has 0 amide bonds. The number of hydrogen-bond donors (Lipinski definition) is 2. The van der Waals surface area contributed by atoms with Crippen molar-refractivity contribution in [2.75, 3.05) is 19.6 Å². The Bertz CT molecular complexity index is 533. The Balaban J connectivity index is 1.82. The highest BCUT2D eigenvalue weighted by Gasteiger charge is 2.15. The van der Waals surface area contributed by atoms with Gasteiger partial charge >= 0.3 is 0 Å². The number of piperidine rings is 1. The molecule has 1 unspecified atom stereocenters. The van der Waals surface area contributed by atoms with Gasteiger partial charge < -0.3 is 11.1 Å². The fourth-order valence-electron chi connectivity index (χ4n) is 2.91. The molecule has 4 heteroatoms. The summed E-state index contributed by atoms with van der Waals surface area (Å²) in [4.78, 5) is 6.91. The minimum absolute atomic E-state index is 0.472. The molecule has 4 nitrogen and oxygen atoms in total. The molecule has 1 saturated heterocycles. The van der Waals surface area contributed by atoms with Gasteiger partial charge in [0, 0.05) is 19.6 Å². The molecule has 1 aromatic carbocycles. The van der Waals surface area contributed by atoms with Crippen LogP contribution in [0.1, 0.15) is 37.8 Å². The Morgan fingerprint density at radius 1 is 1.35 bits per heavy atom. The highest BCUT2D eigenvalue weighted by molar-refractivity contribution is 5.78. The molecule has 126 valence electrons. The fraction of sp³-hybridized carbons (Fsp3) is 0.526. The third-order valence-electron chi connectivity index (χ3n) is 4.17. The van der Waals surface area contributed by atoms with Crippen LogP contribution in [-0.4, -0.2) is 30.5 Å². The molecular weight excluding hydrogens is 284 g/mol. The van der Waals surface area contributed by atoms with Crippen LogP contribution in [0.5, 0.6) is 0 Å². The molecule has 1 fully saturated rings. The highest BCUT2D eigenvalue weighted by Crippen LogP contribution is 2.18. The maximum atomic E-state index is 5.83. The van der Waals surface area contributed by atoms with Crippen LogP contribution in [0, 0.1) is 5.92 Å². The predicted molar refractivity (Wildman–Crippen MR) is 98.3 cm³/mol. The van der Waals surface area contributed by atoms with Crippen LogP contribution in [0.25, 0.3) is 0 Å². The van der Waals surface area contributed by atoms with E-state index in [1.165, 1.54) is 37.1 Å². The number of hydrogen-bond acceptors (Lipinski definition) is 2. The molecule has 1 heterocycles. The van der Waals surface area contributed by atoms with E-state index in [1.807, 2.05) is 6.92 Å². The Hall–Kier alpha value is -1.81. The molecule has 0 aromatic heterocycles. The minimum atomic E-state index is 0.472. The zero-order valence-electron chi connectivity index (χ0n) is 14.5. The van der Waals surface area contributed by atoms with E-state index in [1.54, 1.807) is 0 Å². The molecule has 0 spiro atoms. The van der Waals surface area contributed by atoms with E-state index in [2.05, 4.69) is 53.0 Å². The highest BCUT2D eigenvalue weighted by atomic mass is 15.1. The first-order valence-corrected chi connectivity index (χ1v) is 8.51. The van der Waals surface area contributed by atoms with Gasteiger partial charge in [-0.3, -0.25) is 4.90 Å². The second kappa shape index (κ2) is 8.73. The summed E-state index contributed by atoms with van der Waals surface area (Å²) >= 11 is 0. The second-order valence-electron chi connectivity index (χ2n) is 6.81. The number of nitrogens with one attached hydrogen (secondary N) is 1. The monoisotopic (exact) mass is 314 g/mol. The van der Waals surface area contributed by atoms with Gasteiger partial charge in [-0.1, -0.05) is 43.3 Å². The lowest BCUT2D eigenvalue weighted by Gasteiger charge is -2.30. The van der Waals surface area contributed by atoms with Crippen molar-refractivity contribution in [1.29, 1.82) is 0 Å². The van der Waals surface area contributed by atoms with Crippen LogP contribution in [0.2, 0.25) is 0 Å². The zero-order valence-corrected chi connectivity index (χ0v) is 14.5. The topological polar surface area (TPSA) is 53.6 Å². The van der Waals surface area contributed by atoms with E-state index in [-0.39, 0.29) is 0 Å². The van der Waals surface area contributed by atoms with Gasteiger partial charge in [0.1, 0.15) is 0 Å². The maximum absolute atomic E-state index is 5.83. The Kier molecular flexibility index (Phi) is 6.66. The molecule has 0 saturated carbocycles. The first-order chi connectivity index (χ1) is 11.0. The van der Waals surface area contributed by atoms with Crippen molar-refractivity contribution in [3.05, 3.63) is 47.5 Å². The Morgan fingerprint density at radius 2 is 2.04 bits per heavy atom. The van der Waals surface area contributed by atoms with E-state index in [0.29, 0.717) is 19.0 Å². The van der Waals surface area contributed by atoms with E-state index < -0.39 is 0 Å². The summed E-state index contributed by atoms with van der Waals surface area (Å²) in [6.45, 7) is 12.9. The van der Waals surface area contributed by atoms with Gasteiger partial charge in [-0.15, -0.1) is 0 Å². The van der Waals surface area contributed by atoms with Crippen LogP contribution in [-0.2, 0) is 13.1 Å². The summed E-state index contributed by atoms with van der Waals surface area (Å²) in [6, 6.07) is 8.72. The third-order valence-corrected chi connectivity index (χ3v) is 4.17. The Labute approximate surface area is 140 Å². The van der Waals surface area contributed by atoms with Gasteiger partial charge in [0.25, 0.3) is 0 Å². The number of benzene rings is 1. The van der Waals surface area contributed by atoms with Crippen molar-refractivity contribution >= 4 is 5.96 Å². The fourth-order valence-corrected chi connectivity index (χ4v) is 2.91. The van der Waals surface area contributed by atoms with Crippen molar-refractivity contribution < 1.29 is 0 Å². The SMILES string of the molecule is C=C(C)CNC(N)=NCc1ccc(CN2CCCC(C)C2)cc1. The summed E-state index contributed by atoms with van der Waals surface area (Å²) in [5.74, 6) is 1.30. The van der Waals surface area contributed by atoms with Crippen molar-refractivity contribution in [2.45, 2.75) is 39.8 Å². The van der Waals surface area contributed by atoms with Crippen LogP contribution in [0.15, 0.2) is 41.4 Å². The molecule has 0 bridgehead atoms. The minimum Gasteiger partial charge on any atom is -0.370 e. The van der Waals surface area contributed by atoms with Crippen molar-refractivity contribution in [3.8, 4) is 0 Å². The van der Waals surface area contributed by atoms with Crippen molar-refractivity contribution in [3.63, 3.8) is 0 Å². The number of nitrogens with zero attached hydrogens (tertiary/aromatic N) is 2. The molecule has 2 rings (SSSR count). The lowest BCUT2D eigenvalue weighted by Crippen LogP contribution is -2.33. The summed E-state index contributed by atoms with van der Waals surface area (Å²) in [5.41, 5.74) is 9.43. The molecule has 0 aliphatic carbocycles. The number of aliphatic imine (C=N–C) groups is 1. The zero-order chi connectivity index (χ0) is 16.7. The third kappa shape index (κ3) is 6.45. The molecule has 3 N–H and O–H groups in total. The number of guanidine groups is 1. The average molecular weight is 314 g/mol. The van der Waals surface area contributed by atoms with Gasteiger partial charge in [-0.25, -0.2) is 4.99 Å². The number of rotatable bonds is 6. The van der Waals surface area contributed by atoms with Gasteiger partial charge in [-0.05, 0) is 43.4 Å². The van der Waals surface area contributed by atoms with Gasteiger partial charge in [-0.2, -0.15) is 0 Å². The van der Waals surface area contributed by atoms with Gasteiger partial charge in [0.15, 0.2) is 5.96 Å². The molecule has 1 atom stereocenters. The molecular formula is C19H30N4. The van der Waals surface area contributed by atoms with E-state index in [9.17, 15) is 0 Å². The molecule has 1 aliphatic heterocycles. The van der Waals surface area contributed by atoms with Crippen LogP contribution in [0.4, 0.5) is 0 Å². The predicted octanol–water partition coefficient (Wildman–Crippen LogP) is 2.90. The summed E-state index contributed by atoms with van der Waals surface area (Å²) in [7, 11) is 0. The smallest absolute Gasteiger partial charge is 0.189 e. The lowest BCUT2D eigenvalue weighted by atomic mass is 9.99. The van der Waals surface area contributed by atoms with E-state index >= 15 is 0 Å². The molecule has 0 radical (unpaired) electrons. The lowest BCUT2D eigenvalue weighted by molar-refractivity contribution is 0.176. The van der Waals surface area contributed by atoms with Crippen LogP contribution < -0.4 is 11.1 Å². The normalized spacial score (nSPS) is 19.6. The number of likely N-dealkylation sites (tertiary alicyclic amines) is 1. The van der Waals surface area contributed by atoms with E-state index in [0.717, 1.165) is 18.0 Å². The Morgan fingerprint density at radius 3 is 2.70 bits per heavy atom. The maximum Gasteiger partial charge on any atom is 0.189 e. The quantitative estimate of drug-likeness (QED) is 0.482. The summed E-state index contributed by atoms with van der Waals surface area (Å²) in [6.07, 6.45) is 2.69. The van der Waals surface area contributed by atoms with Crippen LogP contribution in [0.3, 0.4) is 0 Å². The largest absolute Gasteiger partial charge is 0.370 e. The second-order valence-corrected chi connectivity index (χ2v) is 6.81. The summed E-state index contributed by atoms with van der Waals surface area (Å²) in [5, 5.41) is 3.04. The van der Waals surface area contributed by atoms with E-state index in [4.69, 9.17) is 5.73 Å². The van der Waals surface area contributed by atoms with Crippen molar-refractivity contribution in [1.82, 2.24) is 10.2 Å². The molecule has 23 heavy (non-hydrogen) atoms. The molecule has 1 aromatic rings. The van der Waals surface area contributed by atoms with Crippen LogP contribution >= 0.6 is 0 Å². The molecule has 1 aliphatic rings. The first-order valence-electron chi connectivity index (χ1n) is 8.51.